The number of rotatable bonds is 4. The molecule has 0 amide bonds. The van der Waals surface area contributed by atoms with Crippen molar-refractivity contribution in [2.24, 2.45) is 10.3 Å². The number of ether oxygens (including phenoxy) is 1. The third-order valence-corrected chi connectivity index (χ3v) is 1.80. The van der Waals surface area contributed by atoms with Gasteiger partial charge in [-0.25, -0.2) is 0 Å². The molecular weight excluding hydrogens is 212 g/mol. The molecule has 6 heteroatoms. The predicted molar refractivity (Wildman–Crippen MR) is 59.3 cm³/mol. The maximum atomic E-state index is 9.46. The van der Waals surface area contributed by atoms with Crippen LogP contribution in [0.2, 0.25) is 0 Å². The fourth-order valence-electron chi connectivity index (χ4n) is 1.13. The first kappa shape index (κ1) is 12.1. The lowest BCUT2D eigenvalue weighted by atomic mass is 10.1. The van der Waals surface area contributed by atoms with Crippen LogP contribution >= 0.6 is 0 Å². The molecule has 0 atom stereocenters. The van der Waals surface area contributed by atoms with Gasteiger partial charge in [-0.2, -0.15) is 0 Å². The maximum Gasteiger partial charge on any atom is 0.280 e. The predicted octanol–water partition coefficient (Wildman–Crippen LogP) is 1.37. The van der Waals surface area contributed by atoms with E-state index < -0.39 is 0 Å². The number of allylic oxidation sites excluding steroid dienone is 2. The van der Waals surface area contributed by atoms with Gasteiger partial charge in [0.2, 0.25) is 0 Å². The van der Waals surface area contributed by atoms with E-state index in [0.29, 0.717) is 18.8 Å². The van der Waals surface area contributed by atoms with Gasteiger partial charge in [-0.1, -0.05) is 17.8 Å². The lowest BCUT2D eigenvalue weighted by Crippen LogP contribution is -2.26. The standard InChI is InChI=1S/C10H14N2O4/c1-4-8(7(2)13)9(11-14-3)10-12-16-6-5-15-10/h4,13H,1,5-6H2,2-3H3/b8-7-,11-9+. The Kier molecular flexibility index (Phi) is 4.38. The van der Waals surface area contributed by atoms with E-state index in [-0.39, 0.29) is 17.4 Å². The minimum Gasteiger partial charge on any atom is -0.512 e. The van der Waals surface area contributed by atoms with Crippen LogP contribution in [0.5, 0.6) is 0 Å². The van der Waals surface area contributed by atoms with Crippen molar-refractivity contribution in [3.63, 3.8) is 0 Å². The Bertz CT molecular complexity index is 354. The zero-order valence-electron chi connectivity index (χ0n) is 9.27. The van der Waals surface area contributed by atoms with E-state index in [0.717, 1.165) is 0 Å². The summed E-state index contributed by atoms with van der Waals surface area (Å²) in [5.74, 6) is 0.207. The van der Waals surface area contributed by atoms with E-state index in [1.807, 2.05) is 0 Å². The molecule has 0 aliphatic carbocycles. The number of hydrogen-bond donors (Lipinski definition) is 1. The Morgan fingerprint density at radius 1 is 1.62 bits per heavy atom. The largest absolute Gasteiger partial charge is 0.512 e. The topological polar surface area (TPSA) is 72.6 Å². The normalized spacial score (nSPS) is 17.6. The summed E-state index contributed by atoms with van der Waals surface area (Å²) in [4.78, 5) is 9.54. The van der Waals surface area contributed by atoms with Gasteiger partial charge in [-0.3, -0.25) is 0 Å². The molecular formula is C10H14N2O4. The highest BCUT2D eigenvalue weighted by molar-refractivity contribution is 6.46. The van der Waals surface area contributed by atoms with E-state index in [4.69, 9.17) is 9.57 Å². The van der Waals surface area contributed by atoms with Gasteiger partial charge in [0, 0.05) is 5.57 Å². The second-order valence-electron chi connectivity index (χ2n) is 2.90. The average molecular weight is 226 g/mol. The van der Waals surface area contributed by atoms with Gasteiger partial charge in [0.15, 0.2) is 12.3 Å². The molecule has 16 heavy (non-hydrogen) atoms. The minimum absolute atomic E-state index is 0.0441. The molecule has 1 aliphatic rings. The fourth-order valence-corrected chi connectivity index (χ4v) is 1.13. The maximum absolute atomic E-state index is 9.46. The van der Waals surface area contributed by atoms with Crippen LogP contribution in [0.1, 0.15) is 6.92 Å². The first-order valence-electron chi connectivity index (χ1n) is 4.67. The molecule has 1 N–H and O–H groups in total. The molecule has 0 aromatic heterocycles. The summed E-state index contributed by atoms with van der Waals surface area (Å²) < 4.78 is 5.25. The van der Waals surface area contributed by atoms with Crippen LogP contribution < -0.4 is 0 Å². The Hall–Kier alpha value is -1.98. The molecule has 0 saturated carbocycles. The lowest BCUT2D eigenvalue weighted by Gasteiger charge is -2.15. The molecule has 0 bridgehead atoms. The summed E-state index contributed by atoms with van der Waals surface area (Å²) in [6.45, 7) is 5.84. The summed E-state index contributed by atoms with van der Waals surface area (Å²) in [6.07, 6.45) is 1.44. The van der Waals surface area contributed by atoms with E-state index in [1.165, 1.54) is 20.1 Å². The molecule has 1 heterocycles. The SMILES string of the molecule is C=CC(=C(\C)O)/C(=N\OC)C1=NOCCO1. The van der Waals surface area contributed by atoms with Crippen LogP contribution in [0.15, 0.2) is 34.3 Å². The first-order valence-corrected chi connectivity index (χ1v) is 4.67. The first-order chi connectivity index (χ1) is 7.70. The van der Waals surface area contributed by atoms with Crippen molar-refractivity contribution in [3.05, 3.63) is 24.0 Å². The monoisotopic (exact) mass is 226 g/mol. The van der Waals surface area contributed by atoms with Gasteiger partial charge in [0.1, 0.15) is 13.7 Å². The van der Waals surface area contributed by atoms with Crippen molar-refractivity contribution in [3.8, 4) is 0 Å². The molecule has 88 valence electrons. The van der Waals surface area contributed by atoms with Gasteiger partial charge in [-0.05, 0) is 12.1 Å². The molecule has 0 aromatic carbocycles. The van der Waals surface area contributed by atoms with Crippen molar-refractivity contribution in [2.75, 3.05) is 20.3 Å². The van der Waals surface area contributed by atoms with Crippen LogP contribution in [0.25, 0.3) is 0 Å². The van der Waals surface area contributed by atoms with Crippen molar-refractivity contribution in [1.82, 2.24) is 0 Å². The van der Waals surface area contributed by atoms with E-state index in [9.17, 15) is 5.11 Å². The van der Waals surface area contributed by atoms with Crippen LogP contribution in [0, 0.1) is 0 Å². The average Bonchev–Trinajstić information content (AvgIpc) is 2.29. The van der Waals surface area contributed by atoms with Gasteiger partial charge in [-0.15, -0.1) is 0 Å². The van der Waals surface area contributed by atoms with Crippen molar-refractivity contribution < 1.29 is 19.5 Å². The summed E-state index contributed by atoms with van der Waals surface area (Å²) in [6, 6.07) is 0. The molecule has 1 aliphatic heterocycles. The van der Waals surface area contributed by atoms with Crippen LogP contribution in [0.4, 0.5) is 0 Å². The molecule has 0 fully saturated rings. The van der Waals surface area contributed by atoms with E-state index in [2.05, 4.69) is 21.7 Å². The molecule has 0 aromatic rings. The molecule has 6 nitrogen and oxygen atoms in total. The molecule has 1 rings (SSSR count). The Labute approximate surface area is 93.5 Å². The highest BCUT2D eigenvalue weighted by Crippen LogP contribution is 2.10. The fraction of sp³-hybridized carbons (Fsp3) is 0.400. The Balaban J connectivity index is 3.09. The molecule has 0 unspecified atom stereocenters. The van der Waals surface area contributed by atoms with Crippen LogP contribution in [-0.4, -0.2) is 37.0 Å². The zero-order chi connectivity index (χ0) is 12.0. The number of aliphatic hydroxyl groups excluding tert-OH is 1. The quantitative estimate of drug-likeness (QED) is 0.340. The van der Waals surface area contributed by atoms with Gasteiger partial charge in [0.25, 0.3) is 5.90 Å². The summed E-state index contributed by atoms with van der Waals surface area (Å²) in [7, 11) is 1.39. The van der Waals surface area contributed by atoms with Gasteiger partial charge >= 0.3 is 0 Å². The van der Waals surface area contributed by atoms with E-state index >= 15 is 0 Å². The summed E-state index contributed by atoms with van der Waals surface area (Å²) in [5, 5.41) is 16.9. The lowest BCUT2D eigenvalue weighted by molar-refractivity contribution is 0.0672. The van der Waals surface area contributed by atoms with Crippen molar-refractivity contribution in [1.29, 1.82) is 0 Å². The summed E-state index contributed by atoms with van der Waals surface area (Å²) >= 11 is 0. The highest BCUT2D eigenvalue weighted by Gasteiger charge is 2.20. The van der Waals surface area contributed by atoms with E-state index in [1.54, 1.807) is 0 Å². The van der Waals surface area contributed by atoms with Crippen molar-refractivity contribution in [2.45, 2.75) is 6.92 Å². The van der Waals surface area contributed by atoms with Crippen LogP contribution in [0.3, 0.4) is 0 Å². The Morgan fingerprint density at radius 2 is 2.38 bits per heavy atom. The van der Waals surface area contributed by atoms with Crippen LogP contribution in [-0.2, 0) is 14.4 Å². The second kappa shape index (κ2) is 5.79. The number of aliphatic hydroxyl groups is 1. The molecule has 0 radical (unpaired) electrons. The minimum atomic E-state index is 0.0441. The van der Waals surface area contributed by atoms with Crippen molar-refractivity contribution >= 4 is 11.6 Å². The number of oxime groups is 2. The molecule has 0 spiro atoms. The van der Waals surface area contributed by atoms with Gasteiger partial charge in [0.05, 0.1) is 5.76 Å². The Morgan fingerprint density at radius 3 is 2.81 bits per heavy atom. The molecule has 0 saturated heterocycles. The third kappa shape index (κ3) is 2.75. The van der Waals surface area contributed by atoms with Gasteiger partial charge < -0.3 is 19.5 Å². The third-order valence-electron chi connectivity index (χ3n) is 1.80. The smallest absolute Gasteiger partial charge is 0.280 e. The zero-order valence-corrected chi connectivity index (χ0v) is 9.27. The number of nitrogens with zero attached hydrogens (tertiary/aromatic N) is 2. The second-order valence-corrected chi connectivity index (χ2v) is 2.90. The summed E-state index contributed by atoms with van der Waals surface area (Å²) in [5.41, 5.74) is 0.628. The highest BCUT2D eigenvalue weighted by atomic mass is 16.7. The number of hydrogen-bond acceptors (Lipinski definition) is 6.